The number of thioether (sulfide) groups is 1. The van der Waals surface area contributed by atoms with Gasteiger partial charge in [0.1, 0.15) is 5.75 Å². The van der Waals surface area contributed by atoms with Gasteiger partial charge in [0.25, 0.3) is 0 Å². The van der Waals surface area contributed by atoms with Crippen LogP contribution in [0, 0.1) is 0 Å². The number of carbonyl (C=O) groups excluding carboxylic acids is 1. The Labute approximate surface area is 135 Å². The number of methoxy groups -OCH3 is 1. The summed E-state index contributed by atoms with van der Waals surface area (Å²) in [7, 11) is 1.65. The molecule has 0 unspecified atom stereocenters. The monoisotopic (exact) mass is 316 g/mol. The normalized spacial score (nSPS) is 11.3. The van der Waals surface area contributed by atoms with Gasteiger partial charge in [-0.25, -0.2) is 0 Å². The smallest absolute Gasteiger partial charge is 0.189 e. The summed E-state index contributed by atoms with van der Waals surface area (Å²) in [6.07, 6.45) is 8.74. The molecule has 2 rings (SSSR count). The third-order valence-electron chi connectivity index (χ3n) is 3.25. The molecule has 1 heterocycles. The number of nitrogens with zero attached hydrogens (tertiary/aromatic N) is 2. The molecule has 0 radical (unpaired) electrons. The molecule has 0 saturated carbocycles. The number of ketones is 1. The Morgan fingerprint density at radius 2 is 2.18 bits per heavy atom. The van der Waals surface area contributed by atoms with Gasteiger partial charge >= 0.3 is 0 Å². The molecule has 0 aliphatic rings. The van der Waals surface area contributed by atoms with Gasteiger partial charge in [0.15, 0.2) is 5.78 Å². The van der Waals surface area contributed by atoms with Crippen molar-refractivity contribution in [2.45, 2.75) is 24.8 Å². The third kappa shape index (κ3) is 3.80. The van der Waals surface area contributed by atoms with E-state index in [0.29, 0.717) is 5.56 Å². The molecule has 0 aliphatic carbocycles. The molecule has 2 aromatic rings. The van der Waals surface area contributed by atoms with Gasteiger partial charge in [-0.05, 0) is 43.9 Å². The second-order valence-electron chi connectivity index (χ2n) is 5.11. The lowest BCUT2D eigenvalue weighted by Crippen LogP contribution is -2.00. The van der Waals surface area contributed by atoms with Crippen molar-refractivity contribution in [3.63, 3.8) is 0 Å². The van der Waals surface area contributed by atoms with Crippen LogP contribution in [0.3, 0.4) is 0 Å². The molecule has 0 spiro atoms. The van der Waals surface area contributed by atoms with Gasteiger partial charge in [0, 0.05) is 17.1 Å². The van der Waals surface area contributed by atoms with Crippen LogP contribution in [0.5, 0.6) is 5.75 Å². The summed E-state index contributed by atoms with van der Waals surface area (Å²) >= 11 is 1.63. The fraction of sp³-hybridized carbons (Fsp3) is 0.294. The van der Waals surface area contributed by atoms with Crippen LogP contribution in [0.2, 0.25) is 0 Å². The Morgan fingerprint density at radius 1 is 1.41 bits per heavy atom. The first kappa shape index (κ1) is 16.4. The van der Waals surface area contributed by atoms with Crippen molar-refractivity contribution in [1.82, 2.24) is 9.78 Å². The molecule has 116 valence electrons. The van der Waals surface area contributed by atoms with Crippen molar-refractivity contribution in [3.8, 4) is 5.75 Å². The number of ether oxygens (including phenoxy) is 1. The topological polar surface area (TPSA) is 44.1 Å². The number of rotatable bonds is 6. The molecule has 0 atom stereocenters. The van der Waals surface area contributed by atoms with Crippen molar-refractivity contribution in [2.24, 2.45) is 0 Å². The molecule has 1 aromatic carbocycles. The minimum Gasteiger partial charge on any atom is -0.496 e. The van der Waals surface area contributed by atoms with Crippen LogP contribution >= 0.6 is 11.8 Å². The Kier molecular flexibility index (Phi) is 5.44. The maximum atomic E-state index is 12.2. The maximum absolute atomic E-state index is 12.2. The van der Waals surface area contributed by atoms with E-state index in [1.165, 1.54) is 0 Å². The van der Waals surface area contributed by atoms with Gasteiger partial charge in [-0.2, -0.15) is 5.10 Å². The van der Waals surface area contributed by atoms with Gasteiger partial charge < -0.3 is 4.74 Å². The lowest BCUT2D eigenvalue weighted by Gasteiger charge is -2.06. The molecule has 0 bridgehead atoms. The van der Waals surface area contributed by atoms with E-state index in [1.807, 2.05) is 38.3 Å². The van der Waals surface area contributed by atoms with E-state index >= 15 is 0 Å². The zero-order valence-corrected chi connectivity index (χ0v) is 14.1. The van der Waals surface area contributed by atoms with Crippen LogP contribution in [0.1, 0.15) is 35.8 Å². The lowest BCUT2D eigenvalue weighted by molar-refractivity contribution is 0.104. The van der Waals surface area contributed by atoms with Crippen molar-refractivity contribution < 1.29 is 9.53 Å². The van der Waals surface area contributed by atoms with E-state index in [0.717, 1.165) is 16.2 Å². The van der Waals surface area contributed by atoms with E-state index in [1.54, 1.807) is 48.1 Å². The summed E-state index contributed by atoms with van der Waals surface area (Å²) in [6, 6.07) is 6.13. The summed E-state index contributed by atoms with van der Waals surface area (Å²) in [4.78, 5) is 13.2. The van der Waals surface area contributed by atoms with E-state index in [9.17, 15) is 4.79 Å². The maximum Gasteiger partial charge on any atom is 0.189 e. The zero-order chi connectivity index (χ0) is 16.1. The first-order chi connectivity index (χ1) is 10.5. The second kappa shape index (κ2) is 7.31. The highest BCUT2D eigenvalue weighted by Gasteiger charge is 2.07. The molecule has 0 N–H and O–H groups in total. The Balaban J connectivity index is 2.15. The van der Waals surface area contributed by atoms with Crippen molar-refractivity contribution in [2.75, 3.05) is 13.4 Å². The van der Waals surface area contributed by atoms with Crippen LogP contribution in [-0.4, -0.2) is 28.9 Å². The molecule has 5 heteroatoms. The van der Waals surface area contributed by atoms with Gasteiger partial charge in [0.05, 0.1) is 18.9 Å². The minimum absolute atomic E-state index is 0.0557. The van der Waals surface area contributed by atoms with Gasteiger partial charge in [0.2, 0.25) is 0 Å². The van der Waals surface area contributed by atoms with Crippen LogP contribution in [0.25, 0.3) is 6.08 Å². The molecule has 0 saturated heterocycles. The summed E-state index contributed by atoms with van der Waals surface area (Å²) < 4.78 is 7.12. The molecule has 0 fully saturated rings. The number of hydrogen-bond donors (Lipinski definition) is 0. The number of allylic oxidation sites excluding steroid dienone is 1. The Bertz CT molecular complexity index is 690. The summed E-state index contributed by atoms with van der Waals surface area (Å²) in [5.41, 5.74) is 1.52. The SMILES string of the molecule is COc1cc(C=CC(=O)c2cnn(C(C)C)c2)ccc1SC. The summed E-state index contributed by atoms with van der Waals surface area (Å²) in [5.74, 6) is 0.759. The van der Waals surface area contributed by atoms with Crippen molar-refractivity contribution in [1.29, 1.82) is 0 Å². The number of carbonyl (C=O) groups is 1. The van der Waals surface area contributed by atoms with Crippen LogP contribution in [0.4, 0.5) is 0 Å². The van der Waals surface area contributed by atoms with Gasteiger partial charge in [-0.15, -0.1) is 11.8 Å². The van der Waals surface area contributed by atoms with E-state index in [-0.39, 0.29) is 11.8 Å². The fourth-order valence-corrected chi connectivity index (χ4v) is 2.52. The van der Waals surface area contributed by atoms with E-state index < -0.39 is 0 Å². The predicted molar refractivity (Wildman–Crippen MR) is 90.8 cm³/mol. The standard InChI is InChI=1S/C17H20N2O2S/c1-12(2)19-11-14(10-18-19)15(20)7-5-13-6-8-17(22-4)16(9-13)21-3/h5-12H,1-4H3. The third-order valence-corrected chi connectivity index (χ3v) is 4.03. The van der Waals surface area contributed by atoms with E-state index in [4.69, 9.17) is 4.74 Å². The van der Waals surface area contributed by atoms with Gasteiger partial charge in [-0.3, -0.25) is 9.48 Å². The Hall–Kier alpha value is -2.01. The highest BCUT2D eigenvalue weighted by Crippen LogP contribution is 2.28. The average Bonchev–Trinajstić information content (AvgIpc) is 3.02. The van der Waals surface area contributed by atoms with Gasteiger partial charge in [-0.1, -0.05) is 12.1 Å². The fourth-order valence-electron chi connectivity index (χ4n) is 1.97. The molecule has 1 aromatic heterocycles. The second-order valence-corrected chi connectivity index (χ2v) is 5.96. The minimum atomic E-state index is -0.0557. The summed E-state index contributed by atoms with van der Waals surface area (Å²) in [5, 5.41) is 4.18. The molecule has 0 aliphatic heterocycles. The lowest BCUT2D eigenvalue weighted by atomic mass is 10.1. The summed E-state index contributed by atoms with van der Waals surface area (Å²) in [6.45, 7) is 4.05. The quantitative estimate of drug-likeness (QED) is 0.457. The average molecular weight is 316 g/mol. The number of hydrogen-bond acceptors (Lipinski definition) is 4. The number of aromatic nitrogens is 2. The molecular weight excluding hydrogens is 296 g/mol. The highest BCUT2D eigenvalue weighted by atomic mass is 32.2. The number of benzene rings is 1. The van der Waals surface area contributed by atoms with Crippen LogP contribution < -0.4 is 4.74 Å². The Morgan fingerprint density at radius 3 is 2.77 bits per heavy atom. The first-order valence-corrected chi connectivity index (χ1v) is 8.26. The molecule has 4 nitrogen and oxygen atoms in total. The molecule has 22 heavy (non-hydrogen) atoms. The molecular formula is C17H20N2O2S. The zero-order valence-electron chi connectivity index (χ0n) is 13.2. The molecule has 0 amide bonds. The largest absolute Gasteiger partial charge is 0.496 e. The highest BCUT2D eigenvalue weighted by molar-refractivity contribution is 7.98. The predicted octanol–water partition coefficient (Wildman–Crippen LogP) is 4.09. The van der Waals surface area contributed by atoms with E-state index in [2.05, 4.69) is 5.10 Å². The van der Waals surface area contributed by atoms with Crippen molar-refractivity contribution >= 4 is 23.6 Å². The first-order valence-electron chi connectivity index (χ1n) is 7.03. The van der Waals surface area contributed by atoms with Crippen LogP contribution in [0.15, 0.2) is 41.6 Å². The van der Waals surface area contributed by atoms with Crippen LogP contribution in [-0.2, 0) is 0 Å². The van der Waals surface area contributed by atoms with Crippen molar-refractivity contribution in [3.05, 3.63) is 47.8 Å².